The fourth-order valence-electron chi connectivity index (χ4n) is 2.74. The second-order valence-electron chi connectivity index (χ2n) is 5.26. The fourth-order valence-corrected chi connectivity index (χ4v) is 2.74. The quantitative estimate of drug-likeness (QED) is 0.766. The molecule has 2 rings (SSSR count). The van der Waals surface area contributed by atoms with Crippen molar-refractivity contribution in [3.05, 3.63) is 35.9 Å². The number of likely N-dealkylation sites (tertiary alicyclic amines) is 1. The summed E-state index contributed by atoms with van der Waals surface area (Å²) in [6.07, 6.45) is 2.70. The van der Waals surface area contributed by atoms with Crippen molar-refractivity contribution in [1.29, 1.82) is 0 Å². The molecule has 1 aliphatic rings. The fraction of sp³-hybridized carbons (Fsp3) is 0.533. The SMILES string of the molecule is COC(=O)CC1(C)CCCN1Cc1ccccc1. The van der Waals surface area contributed by atoms with Crippen molar-refractivity contribution in [1.82, 2.24) is 4.90 Å². The summed E-state index contributed by atoms with van der Waals surface area (Å²) in [5.41, 5.74) is 1.25. The Kier molecular flexibility index (Phi) is 4.02. The molecule has 0 spiro atoms. The van der Waals surface area contributed by atoms with Crippen LogP contribution in [0, 0.1) is 0 Å². The summed E-state index contributed by atoms with van der Waals surface area (Å²) in [6.45, 7) is 4.14. The average molecular weight is 247 g/mol. The topological polar surface area (TPSA) is 29.5 Å². The van der Waals surface area contributed by atoms with Gasteiger partial charge in [0.2, 0.25) is 0 Å². The minimum Gasteiger partial charge on any atom is -0.469 e. The van der Waals surface area contributed by atoms with Gasteiger partial charge in [0.15, 0.2) is 0 Å². The molecule has 1 atom stereocenters. The van der Waals surface area contributed by atoms with Gasteiger partial charge in [-0.2, -0.15) is 0 Å². The molecule has 3 nitrogen and oxygen atoms in total. The Labute approximate surface area is 109 Å². The molecule has 1 heterocycles. The van der Waals surface area contributed by atoms with Crippen molar-refractivity contribution in [2.75, 3.05) is 13.7 Å². The Balaban J connectivity index is 2.05. The molecule has 1 aromatic rings. The maximum atomic E-state index is 11.5. The number of ether oxygens (including phenoxy) is 1. The number of benzene rings is 1. The highest BCUT2D eigenvalue weighted by Crippen LogP contribution is 2.33. The first-order chi connectivity index (χ1) is 8.64. The van der Waals surface area contributed by atoms with Crippen LogP contribution in [0.4, 0.5) is 0 Å². The Morgan fingerprint density at radius 2 is 2.11 bits per heavy atom. The monoisotopic (exact) mass is 247 g/mol. The number of esters is 1. The molecule has 0 amide bonds. The molecule has 1 saturated heterocycles. The zero-order chi connectivity index (χ0) is 13.0. The highest BCUT2D eigenvalue weighted by Gasteiger charge is 2.38. The van der Waals surface area contributed by atoms with E-state index in [1.54, 1.807) is 0 Å². The summed E-state index contributed by atoms with van der Waals surface area (Å²) in [6, 6.07) is 10.4. The lowest BCUT2D eigenvalue weighted by Crippen LogP contribution is -2.42. The van der Waals surface area contributed by atoms with Gasteiger partial charge in [-0.15, -0.1) is 0 Å². The Hall–Kier alpha value is -1.35. The lowest BCUT2D eigenvalue weighted by atomic mass is 9.94. The molecule has 0 N–H and O–H groups in total. The molecule has 0 aromatic heterocycles. The largest absolute Gasteiger partial charge is 0.469 e. The second-order valence-corrected chi connectivity index (χ2v) is 5.26. The summed E-state index contributed by atoms with van der Waals surface area (Å²) >= 11 is 0. The first kappa shape index (κ1) is 13.1. The third-order valence-electron chi connectivity index (χ3n) is 3.88. The van der Waals surface area contributed by atoms with Crippen LogP contribution < -0.4 is 0 Å². The zero-order valence-electron chi connectivity index (χ0n) is 11.2. The predicted octanol–water partition coefficient (Wildman–Crippen LogP) is 2.60. The molecule has 18 heavy (non-hydrogen) atoms. The predicted molar refractivity (Wildman–Crippen MR) is 71.1 cm³/mol. The molecule has 1 fully saturated rings. The Bertz CT molecular complexity index is 404. The van der Waals surface area contributed by atoms with Crippen LogP contribution in [0.25, 0.3) is 0 Å². The van der Waals surface area contributed by atoms with Gasteiger partial charge in [0.25, 0.3) is 0 Å². The molecule has 0 radical (unpaired) electrons. The van der Waals surface area contributed by atoms with Crippen LogP contribution in [0.5, 0.6) is 0 Å². The van der Waals surface area contributed by atoms with E-state index in [-0.39, 0.29) is 11.5 Å². The summed E-state index contributed by atoms with van der Waals surface area (Å²) < 4.78 is 4.81. The first-order valence-corrected chi connectivity index (χ1v) is 6.50. The standard InChI is InChI=1S/C15H21NO2/c1-15(11-14(17)18-2)9-6-10-16(15)12-13-7-4-3-5-8-13/h3-5,7-8H,6,9-12H2,1-2H3. The van der Waals surface area contributed by atoms with Gasteiger partial charge in [0.1, 0.15) is 0 Å². The molecule has 3 heteroatoms. The lowest BCUT2D eigenvalue weighted by Gasteiger charge is -2.34. The Morgan fingerprint density at radius 1 is 1.39 bits per heavy atom. The lowest BCUT2D eigenvalue weighted by molar-refractivity contribution is -0.143. The summed E-state index contributed by atoms with van der Waals surface area (Å²) in [5.74, 6) is -0.113. The van der Waals surface area contributed by atoms with Gasteiger partial charge in [0.05, 0.1) is 13.5 Å². The molecule has 0 bridgehead atoms. The van der Waals surface area contributed by atoms with Crippen LogP contribution in [-0.4, -0.2) is 30.1 Å². The second kappa shape index (κ2) is 5.53. The van der Waals surface area contributed by atoms with E-state index in [0.717, 1.165) is 25.9 Å². The van der Waals surface area contributed by atoms with Crippen molar-refractivity contribution in [2.45, 2.75) is 38.3 Å². The van der Waals surface area contributed by atoms with Gasteiger partial charge in [-0.1, -0.05) is 30.3 Å². The van der Waals surface area contributed by atoms with Gasteiger partial charge < -0.3 is 4.74 Å². The number of hydrogen-bond acceptors (Lipinski definition) is 3. The number of nitrogens with zero attached hydrogens (tertiary/aromatic N) is 1. The van der Waals surface area contributed by atoms with Gasteiger partial charge in [-0.3, -0.25) is 9.69 Å². The normalized spacial score (nSPS) is 24.1. The maximum Gasteiger partial charge on any atom is 0.307 e. The Morgan fingerprint density at radius 3 is 2.78 bits per heavy atom. The van der Waals surface area contributed by atoms with E-state index >= 15 is 0 Å². The van der Waals surface area contributed by atoms with Crippen LogP contribution in [-0.2, 0) is 16.1 Å². The number of rotatable bonds is 4. The van der Waals surface area contributed by atoms with Crippen LogP contribution in [0.3, 0.4) is 0 Å². The van der Waals surface area contributed by atoms with E-state index in [4.69, 9.17) is 4.74 Å². The van der Waals surface area contributed by atoms with Crippen molar-refractivity contribution in [3.63, 3.8) is 0 Å². The van der Waals surface area contributed by atoms with Crippen LogP contribution in [0.15, 0.2) is 30.3 Å². The molecule has 1 unspecified atom stereocenters. The van der Waals surface area contributed by atoms with Crippen LogP contribution in [0.1, 0.15) is 31.7 Å². The van der Waals surface area contributed by atoms with Crippen molar-refractivity contribution in [3.8, 4) is 0 Å². The molecule has 0 saturated carbocycles. The summed E-state index contributed by atoms with van der Waals surface area (Å²) in [4.78, 5) is 13.9. The number of carbonyl (C=O) groups excluding carboxylic acids is 1. The van der Waals surface area contributed by atoms with E-state index in [9.17, 15) is 4.79 Å². The highest BCUT2D eigenvalue weighted by atomic mass is 16.5. The van der Waals surface area contributed by atoms with E-state index < -0.39 is 0 Å². The van der Waals surface area contributed by atoms with E-state index in [1.807, 2.05) is 6.07 Å². The van der Waals surface area contributed by atoms with Gasteiger partial charge in [0, 0.05) is 12.1 Å². The first-order valence-electron chi connectivity index (χ1n) is 6.50. The molecular formula is C15H21NO2. The minimum absolute atomic E-state index is 0.0526. The number of methoxy groups -OCH3 is 1. The average Bonchev–Trinajstić information content (AvgIpc) is 2.72. The number of hydrogen-bond donors (Lipinski definition) is 0. The smallest absolute Gasteiger partial charge is 0.307 e. The van der Waals surface area contributed by atoms with Crippen LogP contribution >= 0.6 is 0 Å². The third kappa shape index (κ3) is 2.91. The van der Waals surface area contributed by atoms with E-state index in [1.165, 1.54) is 12.7 Å². The van der Waals surface area contributed by atoms with E-state index in [0.29, 0.717) is 6.42 Å². The van der Waals surface area contributed by atoms with Crippen molar-refractivity contribution >= 4 is 5.97 Å². The van der Waals surface area contributed by atoms with Crippen LogP contribution in [0.2, 0.25) is 0 Å². The van der Waals surface area contributed by atoms with Gasteiger partial charge >= 0.3 is 5.97 Å². The van der Waals surface area contributed by atoms with Gasteiger partial charge in [-0.25, -0.2) is 0 Å². The summed E-state index contributed by atoms with van der Waals surface area (Å²) in [7, 11) is 1.46. The molecule has 1 aromatic carbocycles. The van der Waals surface area contributed by atoms with Gasteiger partial charge in [-0.05, 0) is 31.9 Å². The summed E-state index contributed by atoms with van der Waals surface area (Å²) in [5, 5.41) is 0. The molecule has 98 valence electrons. The highest BCUT2D eigenvalue weighted by molar-refractivity contribution is 5.70. The van der Waals surface area contributed by atoms with Crippen molar-refractivity contribution < 1.29 is 9.53 Å². The maximum absolute atomic E-state index is 11.5. The third-order valence-corrected chi connectivity index (χ3v) is 3.88. The zero-order valence-corrected chi connectivity index (χ0v) is 11.2. The molecule has 0 aliphatic carbocycles. The van der Waals surface area contributed by atoms with Crippen molar-refractivity contribution in [2.24, 2.45) is 0 Å². The minimum atomic E-state index is -0.113. The number of carbonyl (C=O) groups is 1. The molecular weight excluding hydrogens is 226 g/mol. The molecule has 1 aliphatic heterocycles. The van der Waals surface area contributed by atoms with E-state index in [2.05, 4.69) is 36.1 Å².